The monoisotopic (exact) mass is 521 g/mol. The Morgan fingerprint density at radius 1 is 0.944 bits per heavy atom. The number of amides is 1. The predicted octanol–water partition coefficient (Wildman–Crippen LogP) is 5.20. The molecule has 0 saturated carbocycles. The van der Waals surface area contributed by atoms with Gasteiger partial charge in [-0.1, -0.05) is 60.1 Å². The first-order chi connectivity index (χ1) is 17.4. The second-order valence-corrected chi connectivity index (χ2v) is 11.4. The highest BCUT2D eigenvalue weighted by Crippen LogP contribution is 2.30. The van der Waals surface area contributed by atoms with Gasteiger partial charge in [0.2, 0.25) is 15.9 Å². The van der Waals surface area contributed by atoms with E-state index in [1.54, 1.807) is 12.1 Å². The van der Waals surface area contributed by atoms with Gasteiger partial charge in [0.05, 0.1) is 4.90 Å². The standard InChI is InChI=1S/C28H28ClN3O3S/c29-23-13-15-24(16-14-23)36(34,35)32(27-12-6-7-17-30-28(27)33)20-22-19-31(18-21-8-2-1-3-9-21)26-11-5-4-10-25(22)26/h1-5,8-11,13-16,19,27H,6-7,12,17-18,20H2,(H,30,33)/t27-/m1/s1. The van der Waals surface area contributed by atoms with E-state index >= 15 is 0 Å². The van der Waals surface area contributed by atoms with Crippen LogP contribution >= 0.6 is 11.6 Å². The van der Waals surface area contributed by atoms with Gasteiger partial charge in [-0.25, -0.2) is 8.42 Å². The van der Waals surface area contributed by atoms with Crippen molar-refractivity contribution < 1.29 is 13.2 Å². The van der Waals surface area contributed by atoms with E-state index in [-0.39, 0.29) is 17.3 Å². The molecule has 2 heterocycles. The van der Waals surface area contributed by atoms with Crippen LogP contribution in [0.2, 0.25) is 5.02 Å². The summed E-state index contributed by atoms with van der Waals surface area (Å²) >= 11 is 6.02. The van der Waals surface area contributed by atoms with Crippen LogP contribution in [0, 0.1) is 0 Å². The van der Waals surface area contributed by atoms with Crippen LogP contribution < -0.4 is 5.32 Å². The maximum absolute atomic E-state index is 13.9. The fourth-order valence-electron chi connectivity index (χ4n) is 4.83. The van der Waals surface area contributed by atoms with E-state index in [9.17, 15) is 13.2 Å². The Labute approximate surface area is 216 Å². The smallest absolute Gasteiger partial charge is 0.244 e. The number of fused-ring (bicyclic) bond motifs is 1. The highest BCUT2D eigenvalue weighted by molar-refractivity contribution is 7.89. The Morgan fingerprint density at radius 2 is 1.67 bits per heavy atom. The molecule has 1 fully saturated rings. The molecule has 5 rings (SSSR count). The molecule has 1 saturated heterocycles. The summed E-state index contributed by atoms with van der Waals surface area (Å²) in [6.07, 6.45) is 4.08. The average molecular weight is 522 g/mol. The molecule has 1 aliphatic heterocycles. The van der Waals surface area contributed by atoms with Crippen LogP contribution in [0.25, 0.3) is 10.9 Å². The molecule has 8 heteroatoms. The van der Waals surface area contributed by atoms with Crippen LogP contribution in [-0.4, -0.2) is 35.8 Å². The summed E-state index contributed by atoms with van der Waals surface area (Å²) in [5.74, 6) is -0.252. The van der Waals surface area contributed by atoms with Crippen LogP contribution in [0.15, 0.2) is 90.0 Å². The summed E-state index contributed by atoms with van der Waals surface area (Å²) in [6.45, 7) is 1.31. The minimum atomic E-state index is -3.98. The summed E-state index contributed by atoms with van der Waals surface area (Å²) in [4.78, 5) is 13.2. The summed E-state index contributed by atoms with van der Waals surface area (Å²) in [6, 6.07) is 23.5. The van der Waals surface area contributed by atoms with Gasteiger partial charge in [0.25, 0.3) is 0 Å². The topological polar surface area (TPSA) is 71.4 Å². The molecule has 0 bridgehead atoms. The lowest BCUT2D eigenvalue weighted by Gasteiger charge is -2.29. The lowest BCUT2D eigenvalue weighted by Crippen LogP contribution is -2.48. The zero-order valence-electron chi connectivity index (χ0n) is 19.8. The van der Waals surface area contributed by atoms with Gasteiger partial charge in [0.1, 0.15) is 6.04 Å². The van der Waals surface area contributed by atoms with Crippen molar-refractivity contribution in [1.82, 2.24) is 14.2 Å². The van der Waals surface area contributed by atoms with E-state index in [0.29, 0.717) is 24.5 Å². The minimum Gasteiger partial charge on any atom is -0.355 e. The SMILES string of the molecule is O=C1NCCCC[C@H]1N(Cc1cn(Cc2ccccc2)c2ccccc12)S(=O)(=O)c1ccc(Cl)cc1. The van der Waals surface area contributed by atoms with Gasteiger partial charge in [-0.2, -0.15) is 4.31 Å². The summed E-state index contributed by atoms with van der Waals surface area (Å²) < 4.78 is 31.4. The van der Waals surface area contributed by atoms with Crippen molar-refractivity contribution in [2.75, 3.05) is 6.54 Å². The van der Waals surface area contributed by atoms with Crippen molar-refractivity contribution in [3.63, 3.8) is 0 Å². The number of nitrogens with zero attached hydrogens (tertiary/aromatic N) is 2. The van der Waals surface area contributed by atoms with Crippen LogP contribution in [0.3, 0.4) is 0 Å². The zero-order valence-corrected chi connectivity index (χ0v) is 21.4. The lowest BCUT2D eigenvalue weighted by molar-refractivity contribution is -0.124. The van der Waals surface area contributed by atoms with Crippen molar-refractivity contribution in [3.05, 3.63) is 101 Å². The fraction of sp³-hybridized carbons (Fsp3) is 0.250. The number of hydrogen-bond acceptors (Lipinski definition) is 3. The molecular formula is C28H28ClN3O3S. The van der Waals surface area contributed by atoms with Gasteiger partial charge in [-0.3, -0.25) is 4.79 Å². The molecule has 1 amide bonds. The molecule has 1 aliphatic rings. The third-order valence-electron chi connectivity index (χ3n) is 6.67. The first-order valence-electron chi connectivity index (χ1n) is 12.1. The first kappa shape index (κ1) is 24.6. The van der Waals surface area contributed by atoms with E-state index < -0.39 is 16.1 Å². The highest BCUT2D eigenvalue weighted by atomic mass is 35.5. The quantitative estimate of drug-likeness (QED) is 0.363. The van der Waals surface area contributed by atoms with Gasteiger partial charge in [0, 0.05) is 41.8 Å². The number of aromatic nitrogens is 1. The molecule has 1 N–H and O–H groups in total. The Bertz CT molecular complexity index is 1470. The Morgan fingerprint density at radius 3 is 2.44 bits per heavy atom. The molecule has 3 aromatic carbocycles. The molecule has 4 aromatic rings. The maximum Gasteiger partial charge on any atom is 0.244 e. The van der Waals surface area contributed by atoms with Crippen molar-refractivity contribution >= 4 is 38.4 Å². The molecule has 0 aliphatic carbocycles. The van der Waals surface area contributed by atoms with Crippen LogP contribution in [-0.2, 0) is 27.9 Å². The maximum atomic E-state index is 13.9. The zero-order chi connectivity index (χ0) is 25.1. The Balaban J connectivity index is 1.58. The van der Waals surface area contributed by atoms with Gasteiger partial charge < -0.3 is 9.88 Å². The summed E-state index contributed by atoms with van der Waals surface area (Å²) in [5.41, 5.74) is 3.03. The van der Waals surface area contributed by atoms with Crippen LogP contribution in [0.5, 0.6) is 0 Å². The van der Waals surface area contributed by atoms with E-state index in [1.165, 1.54) is 16.4 Å². The van der Waals surface area contributed by atoms with E-state index in [1.807, 2.05) is 48.7 Å². The van der Waals surface area contributed by atoms with E-state index in [2.05, 4.69) is 22.0 Å². The molecule has 1 aromatic heterocycles. The molecular weight excluding hydrogens is 494 g/mol. The lowest BCUT2D eigenvalue weighted by atomic mass is 10.1. The van der Waals surface area contributed by atoms with Crippen molar-refractivity contribution in [2.45, 2.75) is 43.3 Å². The minimum absolute atomic E-state index is 0.0886. The normalized spacial score (nSPS) is 16.7. The molecule has 0 radical (unpaired) electrons. The summed E-state index contributed by atoms with van der Waals surface area (Å²) in [5, 5.41) is 4.32. The Kier molecular flexibility index (Phi) is 7.14. The fourth-order valence-corrected chi connectivity index (χ4v) is 6.55. The molecule has 6 nitrogen and oxygen atoms in total. The third kappa shape index (κ3) is 5.05. The number of para-hydroxylation sites is 1. The van der Waals surface area contributed by atoms with Gasteiger partial charge in [-0.15, -0.1) is 0 Å². The molecule has 1 atom stereocenters. The number of carbonyl (C=O) groups is 1. The van der Waals surface area contributed by atoms with Crippen LogP contribution in [0.4, 0.5) is 0 Å². The number of rotatable bonds is 7. The Hall–Kier alpha value is -3.13. The number of carbonyl (C=O) groups excluding carboxylic acids is 1. The largest absolute Gasteiger partial charge is 0.355 e. The van der Waals surface area contributed by atoms with Gasteiger partial charge in [0.15, 0.2) is 0 Å². The van der Waals surface area contributed by atoms with Crippen molar-refractivity contribution in [3.8, 4) is 0 Å². The molecule has 0 spiro atoms. The first-order valence-corrected chi connectivity index (χ1v) is 13.9. The second kappa shape index (κ2) is 10.5. The van der Waals surface area contributed by atoms with Gasteiger partial charge in [-0.05, 0) is 60.7 Å². The highest BCUT2D eigenvalue weighted by Gasteiger charge is 2.37. The number of benzene rings is 3. The predicted molar refractivity (Wildman–Crippen MR) is 142 cm³/mol. The van der Waals surface area contributed by atoms with Crippen molar-refractivity contribution in [2.24, 2.45) is 0 Å². The molecule has 36 heavy (non-hydrogen) atoms. The number of halogens is 1. The number of hydrogen-bond donors (Lipinski definition) is 1. The molecule has 186 valence electrons. The molecule has 0 unspecified atom stereocenters. The number of sulfonamides is 1. The number of nitrogens with one attached hydrogen (secondary N) is 1. The average Bonchev–Trinajstić information content (AvgIpc) is 3.08. The van der Waals surface area contributed by atoms with E-state index in [4.69, 9.17) is 11.6 Å². The van der Waals surface area contributed by atoms with Gasteiger partial charge >= 0.3 is 0 Å². The van der Waals surface area contributed by atoms with Crippen molar-refractivity contribution in [1.29, 1.82) is 0 Å². The second-order valence-electron chi connectivity index (χ2n) is 9.09. The van der Waals surface area contributed by atoms with Crippen LogP contribution in [0.1, 0.15) is 30.4 Å². The third-order valence-corrected chi connectivity index (χ3v) is 8.79. The summed E-state index contributed by atoms with van der Waals surface area (Å²) in [7, 11) is -3.98. The van der Waals surface area contributed by atoms with E-state index in [0.717, 1.165) is 34.9 Å².